The van der Waals surface area contributed by atoms with E-state index in [-0.39, 0.29) is 18.6 Å². The monoisotopic (exact) mass is 521 g/mol. The molecule has 0 radical (unpaired) electrons. The number of halogens is 1. The third-order valence-corrected chi connectivity index (χ3v) is 7.08. The van der Waals surface area contributed by atoms with Crippen molar-refractivity contribution in [3.8, 4) is 11.5 Å². The standard InChI is InChI=1S/C27H24ClN3O4S/c28-20-8-6-19(7-9-20)27(33)29-11-12-31-15-25(21-3-1-2-4-22(21)31)36-16-26(32)30-14-18-5-10-23-24(13-18)35-17-34-23/h1-10,13,15H,11-12,14,16-17H2,(H,29,33)(H,30,32). The first-order valence-corrected chi connectivity index (χ1v) is 12.8. The topological polar surface area (TPSA) is 81.6 Å². The molecule has 36 heavy (non-hydrogen) atoms. The summed E-state index contributed by atoms with van der Waals surface area (Å²) < 4.78 is 12.8. The molecule has 3 aromatic carbocycles. The number of benzene rings is 3. The number of amides is 2. The minimum absolute atomic E-state index is 0.0512. The fourth-order valence-corrected chi connectivity index (χ4v) is 5.00. The first-order valence-electron chi connectivity index (χ1n) is 11.5. The maximum atomic E-state index is 12.5. The molecule has 2 N–H and O–H groups in total. The normalized spacial score (nSPS) is 12.0. The molecule has 0 saturated heterocycles. The van der Waals surface area contributed by atoms with E-state index in [1.54, 1.807) is 24.3 Å². The lowest BCUT2D eigenvalue weighted by molar-refractivity contribution is -0.118. The molecule has 7 nitrogen and oxygen atoms in total. The highest BCUT2D eigenvalue weighted by atomic mass is 35.5. The zero-order valence-corrected chi connectivity index (χ0v) is 20.9. The molecule has 2 heterocycles. The average molecular weight is 522 g/mol. The summed E-state index contributed by atoms with van der Waals surface area (Å²) in [6, 6.07) is 20.5. The van der Waals surface area contributed by atoms with E-state index in [4.69, 9.17) is 21.1 Å². The van der Waals surface area contributed by atoms with Crippen molar-refractivity contribution in [1.82, 2.24) is 15.2 Å². The molecule has 9 heteroatoms. The van der Waals surface area contributed by atoms with E-state index in [0.29, 0.717) is 41.7 Å². The molecule has 0 aliphatic carbocycles. The molecule has 1 aromatic heterocycles. The van der Waals surface area contributed by atoms with Crippen LogP contribution < -0.4 is 20.1 Å². The Morgan fingerprint density at radius 2 is 1.78 bits per heavy atom. The molecule has 0 bridgehead atoms. The zero-order valence-electron chi connectivity index (χ0n) is 19.3. The van der Waals surface area contributed by atoms with Crippen molar-refractivity contribution in [2.75, 3.05) is 19.1 Å². The molecule has 0 saturated carbocycles. The second-order valence-electron chi connectivity index (χ2n) is 8.22. The van der Waals surface area contributed by atoms with Crippen molar-refractivity contribution in [2.45, 2.75) is 18.0 Å². The van der Waals surface area contributed by atoms with Gasteiger partial charge in [-0.15, -0.1) is 11.8 Å². The third kappa shape index (κ3) is 5.61. The molecule has 184 valence electrons. The Kier molecular flexibility index (Phi) is 7.34. The molecule has 5 rings (SSSR count). The van der Waals surface area contributed by atoms with Crippen molar-refractivity contribution in [1.29, 1.82) is 0 Å². The lowest BCUT2D eigenvalue weighted by atomic mass is 10.2. The number of thioether (sulfide) groups is 1. The SMILES string of the molecule is O=C(CSc1cn(CCNC(=O)c2ccc(Cl)cc2)c2ccccc12)NCc1ccc2c(c1)OCO2. The van der Waals surface area contributed by atoms with E-state index >= 15 is 0 Å². The first kappa shape index (κ1) is 24.1. The van der Waals surface area contributed by atoms with E-state index in [9.17, 15) is 9.59 Å². The van der Waals surface area contributed by atoms with Gasteiger partial charge in [-0.2, -0.15) is 0 Å². The minimum atomic E-state index is -0.142. The Bertz CT molecular complexity index is 1400. The Morgan fingerprint density at radius 1 is 0.972 bits per heavy atom. The van der Waals surface area contributed by atoms with Crippen LogP contribution in [0.25, 0.3) is 10.9 Å². The number of nitrogens with one attached hydrogen (secondary N) is 2. The van der Waals surface area contributed by atoms with Crippen LogP contribution in [0.1, 0.15) is 15.9 Å². The second-order valence-corrected chi connectivity index (χ2v) is 9.67. The van der Waals surface area contributed by atoms with Gasteiger partial charge in [0.15, 0.2) is 11.5 Å². The van der Waals surface area contributed by atoms with Crippen LogP contribution in [0.2, 0.25) is 5.02 Å². The number of carbonyl (C=O) groups excluding carboxylic acids is 2. The number of carbonyl (C=O) groups is 2. The van der Waals surface area contributed by atoms with Gasteiger partial charge in [0.2, 0.25) is 12.7 Å². The Morgan fingerprint density at radius 3 is 2.64 bits per heavy atom. The van der Waals surface area contributed by atoms with Crippen LogP contribution in [0.3, 0.4) is 0 Å². The summed E-state index contributed by atoms with van der Waals surface area (Å²) in [5.74, 6) is 1.53. The van der Waals surface area contributed by atoms with Crippen LogP contribution in [0.5, 0.6) is 11.5 Å². The van der Waals surface area contributed by atoms with Crippen molar-refractivity contribution in [3.63, 3.8) is 0 Å². The van der Waals surface area contributed by atoms with Gasteiger partial charge >= 0.3 is 0 Å². The molecule has 4 aromatic rings. The number of rotatable bonds is 9. The molecule has 0 spiro atoms. The summed E-state index contributed by atoms with van der Waals surface area (Å²) in [4.78, 5) is 25.9. The average Bonchev–Trinajstić information content (AvgIpc) is 3.51. The van der Waals surface area contributed by atoms with Gasteiger partial charge < -0.3 is 24.7 Å². The molecular formula is C27H24ClN3O4S. The highest BCUT2D eigenvalue weighted by Crippen LogP contribution is 2.32. The summed E-state index contributed by atoms with van der Waals surface area (Å²) in [6.07, 6.45) is 2.04. The Balaban J connectivity index is 1.16. The van der Waals surface area contributed by atoms with Crippen LogP contribution >= 0.6 is 23.4 Å². The molecular weight excluding hydrogens is 498 g/mol. The van der Waals surface area contributed by atoms with Crippen LogP contribution in [-0.2, 0) is 17.9 Å². The number of nitrogens with zero attached hydrogens (tertiary/aromatic N) is 1. The van der Waals surface area contributed by atoms with Gasteiger partial charge in [0.05, 0.1) is 5.75 Å². The second kappa shape index (κ2) is 11.0. The van der Waals surface area contributed by atoms with E-state index in [2.05, 4.69) is 15.2 Å². The molecule has 0 atom stereocenters. The number of ether oxygens (including phenoxy) is 2. The van der Waals surface area contributed by atoms with E-state index < -0.39 is 0 Å². The summed E-state index contributed by atoms with van der Waals surface area (Å²) in [5, 5.41) is 7.58. The molecule has 0 fully saturated rings. The largest absolute Gasteiger partial charge is 0.454 e. The number of fused-ring (bicyclic) bond motifs is 2. The van der Waals surface area contributed by atoms with Gasteiger partial charge in [-0.05, 0) is 48.0 Å². The number of aromatic nitrogens is 1. The number of hydrogen-bond donors (Lipinski definition) is 2. The lowest BCUT2D eigenvalue weighted by Crippen LogP contribution is -2.27. The first-order chi connectivity index (χ1) is 17.6. The van der Waals surface area contributed by atoms with Gasteiger partial charge in [0.1, 0.15) is 0 Å². The van der Waals surface area contributed by atoms with Crippen molar-refractivity contribution < 1.29 is 19.1 Å². The van der Waals surface area contributed by atoms with Gasteiger partial charge in [-0.3, -0.25) is 9.59 Å². The smallest absolute Gasteiger partial charge is 0.251 e. The van der Waals surface area contributed by atoms with Crippen molar-refractivity contribution in [3.05, 3.63) is 89.1 Å². The summed E-state index contributed by atoms with van der Waals surface area (Å²) in [6.45, 7) is 1.73. The van der Waals surface area contributed by atoms with Gasteiger partial charge in [-0.1, -0.05) is 35.9 Å². The molecule has 0 unspecified atom stereocenters. The zero-order chi connectivity index (χ0) is 24.9. The molecule has 2 amide bonds. The van der Waals surface area contributed by atoms with Crippen LogP contribution in [0.15, 0.2) is 77.8 Å². The fourth-order valence-electron chi connectivity index (χ4n) is 3.95. The van der Waals surface area contributed by atoms with Crippen molar-refractivity contribution >= 4 is 46.1 Å². The van der Waals surface area contributed by atoms with E-state index in [1.165, 1.54) is 11.8 Å². The van der Waals surface area contributed by atoms with Gasteiger partial charge in [-0.25, -0.2) is 0 Å². The highest BCUT2D eigenvalue weighted by molar-refractivity contribution is 8.00. The Hall–Kier alpha value is -3.62. The summed E-state index contributed by atoms with van der Waals surface area (Å²) >= 11 is 7.39. The van der Waals surface area contributed by atoms with Crippen LogP contribution in [0, 0.1) is 0 Å². The summed E-state index contributed by atoms with van der Waals surface area (Å²) in [7, 11) is 0. The number of para-hydroxylation sites is 1. The van der Waals surface area contributed by atoms with Crippen molar-refractivity contribution in [2.24, 2.45) is 0 Å². The predicted molar refractivity (Wildman–Crippen MR) is 141 cm³/mol. The third-order valence-electron chi connectivity index (χ3n) is 5.78. The van der Waals surface area contributed by atoms with E-state index in [1.807, 2.05) is 48.7 Å². The van der Waals surface area contributed by atoms with Gasteiger partial charge in [0, 0.05) is 52.2 Å². The van der Waals surface area contributed by atoms with E-state index in [0.717, 1.165) is 27.1 Å². The molecule has 1 aliphatic rings. The van der Waals surface area contributed by atoms with Gasteiger partial charge in [0.25, 0.3) is 5.91 Å². The Labute approximate surface area is 217 Å². The maximum Gasteiger partial charge on any atom is 0.251 e. The highest BCUT2D eigenvalue weighted by Gasteiger charge is 2.14. The van der Waals surface area contributed by atoms with Crippen LogP contribution in [-0.4, -0.2) is 35.5 Å². The lowest BCUT2D eigenvalue weighted by Gasteiger charge is -2.08. The molecule has 1 aliphatic heterocycles. The minimum Gasteiger partial charge on any atom is -0.454 e. The predicted octanol–water partition coefficient (Wildman–Crippen LogP) is 4.86. The number of hydrogen-bond acceptors (Lipinski definition) is 5. The fraction of sp³-hybridized carbons (Fsp3) is 0.185. The van der Waals surface area contributed by atoms with Crippen LogP contribution in [0.4, 0.5) is 0 Å². The maximum absolute atomic E-state index is 12.5. The quantitative estimate of drug-likeness (QED) is 0.307. The summed E-state index contributed by atoms with van der Waals surface area (Å²) in [5.41, 5.74) is 2.58.